The molecule has 5 heteroatoms. The molecule has 2 rings (SSSR count). The molecule has 0 amide bonds. The standard InChI is InChI=1S/C15H15FN2O2/c1-4-20-15(19)13-8-17-14(18-10(13)3)12-7-11(16)6-5-9(12)2/h5-8H,4H2,1-3H3. The Bertz CT molecular complexity index is 656. The molecule has 0 aliphatic rings. The minimum absolute atomic E-state index is 0.295. The number of carbonyl (C=O) groups excluding carboxylic acids is 1. The molecular formula is C15H15FN2O2. The highest BCUT2D eigenvalue weighted by molar-refractivity contribution is 5.90. The van der Waals surface area contributed by atoms with Crippen LogP contribution in [0.2, 0.25) is 0 Å². The highest BCUT2D eigenvalue weighted by Gasteiger charge is 2.14. The number of hydrogen-bond donors (Lipinski definition) is 0. The van der Waals surface area contributed by atoms with Gasteiger partial charge in [0.15, 0.2) is 5.82 Å². The van der Waals surface area contributed by atoms with Crippen LogP contribution in [0.15, 0.2) is 24.4 Å². The summed E-state index contributed by atoms with van der Waals surface area (Å²) < 4.78 is 18.2. The van der Waals surface area contributed by atoms with Gasteiger partial charge in [0.25, 0.3) is 0 Å². The van der Waals surface area contributed by atoms with Crippen LogP contribution < -0.4 is 0 Å². The summed E-state index contributed by atoms with van der Waals surface area (Å²) in [5, 5.41) is 0. The molecule has 1 heterocycles. The van der Waals surface area contributed by atoms with Gasteiger partial charge < -0.3 is 4.74 Å². The van der Waals surface area contributed by atoms with Crippen LogP contribution in [0.4, 0.5) is 4.39 Å². The molecule has 0 atom stereocenters. The SMILES string of the molecule is CCOC(=O)c1cnc(-c2cc(F)ccc2C)nc1C. The summed E-state index contributed by atoms with van der Waals surface area (Å²) in [7, 11) is 0. The van der Waals surface area contributed by atoms with E-state index in [4.69, 9.17) is 4.74 Å². The van der Waals surface area contributed by atoms with E-state index in [1.54, 1.807) is 19.9 Å². The molecule has 0 saturated heterocycles. The lowest BCUT2D eigenvalue weighted by Crippen LogP contribution is -2.09. The van der Waals surface area contributed by atoms with Gasteiger partial charge in [-0.15, -0.1) is 0 Å². The molecule has 0 aliphatic heterocycles. The number of esters is 1. The molecule has 0 bridgehead atoms. The second kappa shape index (κ2) is 5.77. The van der Waals surface area contributed by atoms with Crippen LogP contribution in [0.5, 0.6) is 0 Å². The van der Waals surface area contributed by atoms with Gasteiger partial charge in [-0.05, 0) is 38.5 Å². The minimum atomic E-state index is -0.451. The molecule has 2 aromatic rings. The molecule has 104 valence electrons. The van der Waals surface area contributed by atoms with E-state index in [1.807, 2.05) is 6.92 Å². The summed E-state index contributed by atoms with van der Waals surface area (Å²) in [6.45, 7) is 5.58. The molecule has 0 aliphatic carbocycles. The Labute approximate surface area is 116 Å². The lowest BCUT2D eigenvalue weighted by Gasteiger charge is -2.08. The number of benzene rings is 1. The summed E-state index contributed by atoms with van der Waals surface area (Å²) in [5.74, 6) is -0.401. The predicted molar refractivity (Wildman–Crippen MR) is 72.9 cm³/mol. The molecule has 4 nitrogen and oxygen atoms in total. The number of carbonyl (C=O) groups is 1. The number of rotatable bonds is 3. The maximum Gasteiger partial charge on any atom is 0.341 e. The Hall–Kier alpha value is -2.30. The lowest BCUT2D eigenvalue weighted by molar-refractivity contribution is 0.0524. The van der Waals surface area contributed by atoms with E-state index in [9.17, 15) is 9.18 Å². The minimum Gasteiger partial charge on any atom is -0.462 e. The Kier molecular flexibility index (Phi) is 4.08. The molecule has 20 heavy (non-hydrogen) atoms. The largest absolute Gasteiger partial charge is 0.462 e. The quantitative estimate of drug-likeness (QED) is 0.807. The highest BCUT2D eigenvalue weighted by Crippen LogP contribution is 2.21. The molecule has 0 spiro atoms. The highest BCUT2D eigenvalue weighted by atomic mass is 19.1. The van der Waals surface area contributed by atoms with Gasteiger partial charge >= 0.3 is 5.97 Å². The van der Waals surface area contributed by atoms with Crippen molar-refractivity contribution in [3.63, 3.8) is 0 Å². The van der Waals surface area contributed by atoms with Gasteiger partial charge in [-0.25, -0.2) is 19.2 Å². The summed E-state index contributed by atoms with van der Waals surface area (Å²) in [6.07, 6.45) is 1.42. The van der Waals surface area contributed by atoms with E-state index in [2.05, 4.69) is 9.97 Å². The van der Waals surface area contributed by atoms with Crippen LogP contribution in [0, 0.1) is 19.7 Å². The fraction of sp³-hybridized carbons (Fsp3) is 0.267. The number of ether oxygens (including phenoxy) is 1. The van der Waals surface area contributed by atoms with Crippen LogP contribution in [-0.4, -0.2) is 22.5 Å². The summed E-state index contributed by atoms with van der Waals surface area (Å²) in [5.41, 5.74) is 2.32. The van der Waals surface area contributed by atoms with E-state index in [0.717, 1.165) is 5.56 Å². The van der Waals surface area contributed by atoms with Gasteiger partial charge in [-0.1, -0.05) is 6.07 Å². The van der Waals surface area contributed by atoms with Crippen molar-refractivity contribution < 1.29 is 13.9 Å². The normalized spacial score (nSPS) is 10.4. The number of aromatic nitrogens is 2. The number of halogens is 1. The fourth-order valence-electron chi connectivity index (χ4n) is 1.84. The summed E-state index contributed by atoms with van der Waals surface area (Å²) >= 11 is 0. The topological polar surface area (TPSA) is 52.1 Å². The Morgan fingerprint density at radius 1 is 1.35 bits per heavy atom. The van der Waals surface area contributed by atoms with E-state index in [0.29, 0.717) is 29.3 Å². The van der Waals surface area contributed by atoms with E-state index >= 15 is 0 Å². The van der Waals surface area contributed by atoms with Crippen molar-refractivity contribution in [3.05, 3.63) is 47.0 Å². The Morgan fingerprint density at radius 3 is 2.75 bits per heavy atom. The molecule has 0 fully saturated rings. The zero-order valence-electron chi connectivity index (χ0n) is 11.6. The van der Waals surface area contributed by atoms with Crippen LogP contribution in [-0.2, 0) is 4.74 Å². The smallest absolute Gasteiger partial charge is 0.341 e. The first-order valence-corrected chi connectivity index (χ1v) is 6.30. The molecule has 1 aromatic carbocycles. The Morgan fingerprint density at radius 2 is 2.10 bits per heavy atom. The van der Waals surface area contributed by atoms with Crippen molar-refractivity contribution in [1.29, 1.82) is 0 Å². The van der Waals surface area contributed by atoms with Crippen molar-refractivity contribution in [2.75, 3.05) is 6.61 Å². The van der Waals surface area contributed by atoms with Crippen LogP contribution in [0.1, 0.15) is 28.5 Å². The van der Waals surface area contributed by atoms with Gasteiger partial charge in [0.05, 0.1) is 17.9 Å². The molecular weight excluding hydrogens is 259 g/mol. The van der Waals surface area contributed by atoms with Gasteiger partial charge in [0.2, 0.25) is 0 Å². The van der Waals surface area contributed by atoms with E-state index < -0.39 is 5.97 Å². The third kappa shape index (κ3) is 2.82. The number of hydrogen-bond acceptors (Lipinski definition) is 4. The average molecular weight is 274 g/mol. The van der Waals surface area contributed by atoms with Crippen LogP contribution in [0.25, 0.3) is 11.4 Å². The molecule has 0 N–H and O–H groups in total. The molecule has 0 radical (unpaired) electrons. The number of nitrogens with zero attached hydrogens (tertiary/aromatic N) is 2. The van der Waals surface area contributed by atoms with Gasteiger partial charge in [0.1, 0.15) is 5.82 Å². The third-order valence-electron chi connectivity index (χ3n) is 2.92. The van der Waals surface area contributed by atoms with Gasteiger partial charge in [-0.3, -0.25) is 0 Å². The van der Waals surface area contributed by atoms with E-state index in [-0.39, 0.29) is 5.82 Å². The second-order valence-electron chi connectivity index (χ2n) is 4.37. The van der Waals surface area contributed by atoms with Crippen molar-refractivity contribution >= 4 is 5.97 Å². The van der Waals surface area contributed by atoms with Crippen molar-refractivity contribution in [2.45, 2.75) is 20.8 Å². The van der Waals surface area contributed by atoms with Crippen molar-refractivity contribution in [3.8, 4) is 11.4 Å². The molecule has 0 unspecified atom stereocenters. The van der Waals surface area contributed by atoms with Crippen molar-refractivity contribution in [1.82, 2.24) is 9.97 Å². The average Bonchev–Trinajstić information content (AvgIpc) is 2.41. The molecule has 0 saturated carbocycles. The van der Waals surface area contributed by atoms with Crippen LogP contribution in [0.3, 0.4) is 0 Å². The maximum atomic E-state index is 13.3. The zero-order valence-corrected chi connectivity index (χ0v) is 11.6. The van der Waals surface area contributed by atoms with Gasteiger partial charge in [0, 0.05) is 11.8 Å². The summed E-state index contributed by atoms with van der Waals surface area (Å²) in [6, 6.07) is 4.44. The fourth-order valence-corrected chi connectivity index (χ4v) is 1.84. The first-order valence-electron chi connectivity index (χ1n) is 6.30. The first kappa shape index (κ1) is 14.1. The summed E-state index contributed by atoms with van der Waals surface area (Å²) in [4.78, 5) is 20.1. The van der Waals surface area contributed by atoms with Gasteiger partial charge in [-0.2, -0.15) is 0 Å². The lowest BCUT2D eigenvalue weighted by atomic mass is 10.1. The second-order valence-corrected chi connectivity index (χ2v) is 4.37. The van der Waals surface area contributed by atoms with E-state index in [1.165, 1.54) is 18.3 Å². The number of aryl methyl sites for hydroxylation is 2. The third-order valence-corrected chi connectivity index (χ3v) is 2.92. The first-order chi connectivity index (χ1) is 9.52. The van der Waals surface area contributed by atoms with Crippen LogP contribution >= 0.6 is 0 Å². The Balaban J connectivity index is 2.43. The predicted octanol–water partition coefficient (Wildman–Crippen LogP) is 3.08. The van der Waals surface area contributed by atoms with Crippen molar-refractivity contribution in [2.24, 2.45) is 0 Å². The molecule has 1 aromatic heterocycles. The monoisotopic (exact) mass is 274 g/mol. The maximum absolute atomic E-state index is 13.3. The zero-order chi connectivity index (χ0) is 14.7.